The third kappa shape index (κ3) is 7.39. The van der Waals surface area contributed by atoms with E-state index in [-0.39, 0.29) is 11.7 Å². The number of rotatable bonds is 10. The zero-order valence-electron chi connectivity index (χ0n) is 13.7. The Morgan fingerprint density at radius 1 is 1.04 bits per heavy atom. The summed E-state index contributed by atoms with van der Waals surface area (Å²) in [5.41, 5.74) is 5.08. The van der Waals surface area contributed by atoms with Gasteiger partial charge in [0.05, 0.1) is 12.5 Å². The first-order valence-corrected chi connectivity index (χ1v) is 7.19. The van der Waals surface area contributed by atoms with Crippen LogP contribution in [0.1, 0.15) is 34.1 Å². The van der Waals surface area contributed by atoms with Crippen LogP contribution in [0.3, 0.4) is 0 Å². The molecule has 0 aromatic heterocycles. The summed E-state index contributed by atoms with van der Waals surface area (Å²) in [5, 5.41) is 7.05. The van der Waals surface area contributed by atoms with E-state index in [1.54, 1.807) is 13.8 Å². The molecule has 130 valence electrons. The van der Waals surface area contributed by atoms with Gasteiger partial charge in [-0.25, -0.2) is 0 Å². The molecule has 0 aliphatic rings. The van der Waals surface area contributed by atoms with Crippen molar-refractivity contribution >= 4 is 29.9 Å². The van der Waals surface area contributed by atoms with Gasteiger partial charge in [0, 0.05) is 0 Å². The van der Waals surface area contributed by atoms with Gasteiger partial charge in [0.1, 0.15) is 12.1 Å². The average molecular weight is 328 g/mol. The van der Waals surface area contributed by atoms with Crippen LogP contribution >= 0.6 is 0 Å². The summed E-state index contributed by atoms with van der Waals surface area (Å²) in [6.07, 6.45) is -0.0773. The predicted molar refractivity (Wildman–Crippen MR) is 81.9 cm³/mol. The first-order chi connectivity index (χ1) is 10.6. The number of nitrogens with two attached hydrogens (primary N) is 1. The Balaban J connectivity index is 5.04. The van der Waals surface area contributed by atoms with Gasteiger partial charge >= 0.3 is 0 Å². The van der Waals surface area contributed by atoms with Crippen LogP contribution in [0.2, 0.25) is 0 Å². The third-order valence-electron chi connectivity index (χ3n) is 3.15. The number of Topliss-reactive ketones (excluding diaryl/α,β-unsaturated/α-hetero) is 1. The van der Waals surface area contributed by atoms with Gasteiger partial charge in [-0.3, -0.25) is 24.0 Å². The van der Waals surface area contributed by atoms with Gasteiger partial charge in [-0.2, -0.15) is 0 Å². The molecule has 0 fully saturated rings. The van der Waals surface area contributed by atoms with Crippen LogP contribution in [0.4, 0.5) is 0 Å². The lowest BCUT2D eigenvalue weighted by molar-refractivity contribution is -0.134. The normalized spacial score (nSPS) is 14.3. The van der Waals surface area contributed by atoms with Gasteiger partial charge in [0.15, 0.2) is 5.78 Å². The van der Waals surface area contributed by atoms with E-state index < -0.39 is 42.3 Å². The fourth-order valence-electron chi connectivity index (χ4n) is 1.88. The number of carbonyl (C=O) groups is 5. The van der Waals surface area contributed by atoms with Gasteiger partial charge in [0.2, 0.25) is 24.1 Å². The lowest BCUT2D eigenvalue weighted by Gasteiger charge is -2.24. The number of hydrogen-bond donors (Lipinski definition) is 4. The minimum Gasteiger partial charge on any atom is -0.370 e. The molecule has 0 spiro atoms. The van der Waals surface area contributed by atoms with Crippen LogP contribution in [-0.2, 0) is 24.0 Å². The van der Waals surface area contributed by atoms with Crippen LogP contribution < -0.4 is 21.7 Å². The van der Waals surface area contributed by atoms with Crippen LogP contribution in [0.15, 0.2) is 0 Å². The van der Waals surface area contributed by atoms with Crippen molar-refractivity contribution < 1.29 is 24.0 Å². The van der Waals surface area contributed by atoms with Crippen molar-refractivity contribution in [3.05, 3.63) is 0 Å². The van der Waals surface area contributed by atoms with Crippen molar-refractivity contribution in [3.8, 4) is 0 Å². The molecule has 0 radical (unpaired) electrons. The molecule has 3 atom stereocenters. The summed E-state index contributed by atoms with van der Waals surface area (Å²) in [6, 6.07) is -2.85. The van der Waals surface area contributed by atoms with Gasteiger partial charge < -0.3 is 21.7 Å². The Hall–Kier alpha value is -2.45. The van der Waals surface area contributed by atoms with Crippen molar-refractivity contribution in [2.75, 3.05) is 0 Å². The molecule has 4 amide bonds. The molecule has 0 aromatic carbocycles. The Bertz CT molecular complexity index is 478. The summed E-state index contributed by atoms with van der Waals surface area (Å²) in [7, 11) is 0. The summed E-state index contributed by atoms with van der Waals surface area (Å²) < 4.78 is 0. The highest BCUT2D eigenvalue weighted by Crippen LogP contribution is 2.04. The fraction of sp³-hybridized carbons (Fsp3) is 0.643. The molecule has 0 bridgehead atoms. The van der Waals surface area contributed by atoms with Crippen molar-refractivity contribution in [1.82, 2.24) is 16.0 Å². The Kier molecular flexibility index (Phi) is 8.53. The molecule has 0 aliphatic heterocycles. The summed E-state index contributed by atoms with van der Waals surface area (Å²) in [4.78, 5) is 57.1. The molecular weight excluding hydrogens is 304 g/mol. The molecule has 9 nitrogen and oxygen atoms in total. The quantitative estimate of drug-likeness (QED) is 0.350. The Morgan fingerprint density at radius 3 is 2.00 bits per heavy atom. The summed E-state index contributed by atoms with van der Waals surface area (Å²) in [6.45, 7) is 6.26. The highest BCUT2D eigenvalue weighted by molar-refractivity contribution is 5.95. The first kappa shape index (κ1) is 20.6. The fourth-order valence-corrected chi connectivity index (χ4v) is 1.88. The first-order valence-electron chi connectivity index (χ1n) is 7.19. The van der Waals surface area contributed by atoms with Crippen molar-refractivity contribution in [2.45, 2.75) is 52.2 Å². The topological polar surface area (TPSA) is 147 Å². The highest BCUT2D eigenvalue weighted by atomic mass is 16.2. The molecule has 0 saturated carbocycles. The van der Waals surface area contributed by atoms with Gasteiger partial charge in [0.25, 0.3) is 0 Å². The van der Waals surface area contributed by atoms with E-state index in [9.17, 15) is 24.0 Å². The zero-order valence-corrected chi connectivity index (χ0v) is 13.7. The molecule has 0 rings (SSSR count). The van der Waals surface area contributed by atoms with Gasteiger partial charge in [-0.05, 0) is 19.8 Å². The molecule has 9 heteroatoms. The average Bonchev–Trinajstić information content (AvgIpc) is 2.42. The summed E-state index contributed by atoms with van der Waals surface area (Å²) >= 11 is 0. The van der Waals surface area contributed by atoms with E-state index in [1.165, 1.54) is 13.8 Å². The monoisotopic (exact) mass is 328 g/mol. The van der Waals surface area contributed by atoms with E-state index in [4.69, 9.17) is 5.73 Å². The molecule has 23 heavy (non-hydrogen) atoms. The van der Waals surface area contributed by atoms with Gasteiger partial charge in [-0.15, -0.1) is 0 Å². The van der Waals surface area contributed by atoms with Crippen molar-refractivity contribution in [3.63, 3.8) is 0 Å². The minimum atomic E-state index is -1.23. The Labute approximate surface area is 134 Å². The molecule has 0 saturated heterocycles. The smallest absolute Gasteiger partial charge is 0.243 e. The van der Waals surface area contributed by atoms with E-state index in [0.717, 1.165) is 0 Å². The third-order valence-corrected chi connectivity index (χ3v) is 3.15. The number of ketones is 1. The maximum absolute atomic E-state index is 12.2. The molecule has 5 N–H and O–H groups in total. The molecular formula is C14H24N4O5. The molecule has 3 unspecified atom stereocenters. The summed E-state index contributed by atoms with van der Waals surface area (Å²) in [5.74, 6) is -2.53. The van der Waals surface area contributed by atoms with E-state index in [1.807, 2.05) is 0 Å². The van der Waals surface area contributed by atoms with Crippen LogP contribution in [0.25, 0.3) is 0 Å². The van der Waals surface area contributed by atoms with Crippen molar-refractivity contribution in [1.29, 1.82) is 0 Å². The second-order valence-corrected chi connectivity index (χ2v) is 5.58. The SMILES string of the molecule is CC(=O)C(NC(=O)C(CC(N)=O)NC(=O)C(C)NC=O)C(C)C. The van der Waals surface area contributed by atoms with Crippen LogP contribution in [0, 0.1) is 5.92 Å². The number of primary amides is 1. The maximum atomic E-state index is 12.2. The van der Waals surface area contributed by atoms with E-state index in [0.29, 0.717) is 6.41 Å². The standard InChI is InChI=1S/C14H24N4O5/c1-7(2)12(9(4)20)18-14(23)10(5-11(15)21)17-13(22)8(3)16-6-19/h6-8,10,12H,5H2,1-4H3,(H2,15,21)(H,16,19)(H,17,22)(H,18,23). The van der Waals surface area contributed by atoms with Crippen LogP contribution in [0.5, 0.6) is 0 Å². The van der Waals surface area contributed by atoms with Crippen LogP contribution in [-0.4, -0.2) is 48.0 Å². The highest BCUT2D eigenvalue weighted by Gasteiger charge is 2.29. The second-order valence-electron chi connectivity index (χ2n) is 5.58. The van der Waals surface area contributed by atoms with E-state index >= 15 is 0 Å². The predicted octanol–water partition coefficient (Wildman–Crippen LogP) is -1.79. The number of carbonyl (C=O) groups excluding carboxylic acids is 5. The number of amides is 4. The number of hydrogen-bond acceptors (Lipinski definition) is 5. The Morgan fingerprint density at radius 2 is 1.61 bits per heavy atom. The van der Waals surface area contributed by atoms with Crippen molar-refractivity contribution in [2.24, 2.45) is 11.7 Å². The van der Waals surface area contributed by atoms with E-state index in [2.05, 4.69) is 16.0 Å². The zero-order chi connectivity index (χ0) is 18.2. The minimum absolute atomic E-state index is 0.156. The molecule has 0 heterocycles. The largest absolute Gasteiger partial charge is 0.370 e. The second kappa shape index (κ2) is 9.54. The molecule has 0 aliphatic carbocycles. The number of nitrogens with one attached hydrogen (secondary N) is 3. The maximum Gasteiger partial charge on any atom is 0.243 e. The van der Waals surface area contributed by atoms with Gasteiger partial charge in [-0.1, -0.05) is 13.8 Å². The molecule has 0 aromatic rings. The lowest BCUT2D eigenvalue weighted by Crippen LogP contribution is -2.56. The lowest BCUT2D eigenvalue weighted by atomic mass is 10.00.